The first-order chi connectivity index (χ1) is 14.0. The second kappa shape index (κ2) is 7.92. The van der Waals surface area contributed by atoms with E-state index in [9.17, 15) is 8.42 Å². The molecule has 0 amide bonds. The van der Waals surface area contributed by atoms with Crippen molar-refractivity contribution in [3.63, 3.8) is 0 Å². The fourth-order valence-corrected chi connectivity index (χ4v) is 5.11. The summed E-state index contributed by atoms with van der Waals surface area (Å²) < 4.78 is 39.2. The molecule has 0 N–H and O–H groups in total. The molecule has 1 aliphatic rings. The molecule has 1 unspecified atom stereocenters. The lowest BCUT2D eigenvalue weighted by Gasteiger charge is -2.31. The number of rotatable bonds is 5. The molecule has 3 aromatic rings. The van der Waals surface area contributed by atoms with Gasteiger partial charge in [0.1, 0.15) is 11.0 Å². The van der Waals surface area contributed by atoms with Crippen LogP contribution in [0.3, 0.4) is 0 Å². The highest BCUT2D eigenvalue weighted by Gasteiger charge is 2.32. The summed E-state index contributed by atoms with van der Waals surface area (Å²) in [5.41, 5.74) is 1.27. The Morgan fingerprint density at radius 1 is 1.10 bits per heavy atom. The first kappa shape index (κ1) is 19.5. The zero-order valence-corrected chi connectivity index (χ0v) is 17.1. The summed E-state index contributed by atoms with van der Waals surface area (Å²) in [4.78, 5) is 12.9. The fraction of sp³-hybridized carbons (Fsp3) is 0.350. The lowest BCUT2D eigenvalue weighted by Crippen LogP contribution is -2.44. The smallest absolute Gasteiger partial charge is 0.245 e. The third-order valence-electron chi connectivity index (χ3n) is 4.87. The van der Waals surface area contributed by atoms with Crippen LogP contribution >= 0.6 is 0 Å². The summed E-state index contributed by atoms with van der Waals surface area (Å²) in [6, 6.07) is 8.99. The summed E-state index contributed by atoms with van der Waals surface area (Å²) in [6.07, 6.45) is 4.09. The maximum atomic E-state index is 13.4. The van der Waals surface area contributed by atoms with E-state index in [-0.39, 0.29) is 17.5 Å². The van der Waals surface area contributed by atoms with Crippen molar-refractivity contribution in [1.82, 2.24) is 19.3 Å². The predicted octanol–water partition coefficient (Wildman–Crippen LogP) is 2.57. The first-order valence-electron chi connectivity index (χ1n) is 9.36. The quantitative estimate of drug-likeness (QED) is 0.633. The maximum Gasteiger partial charge on any atom is 0.245 e. The van der Waals surface area contributed by atoms with E-state index in [4.69, 9.17) is 9.47 Å². The number of sulfonamides is 1. The summed E-state index contributed by atoms with van der Waals surface area (Å²) in [5, 5.41) is 0.799. The molecule has 0 aliphatic carbocycles. The van der Waals surface area contributed by atoms with Crippen molar-refractivity contribution in [3.05, 3.63) is 48.4 Å². The van der Waals surface area contributed by atoms with Crippen LogP contribution in [0, 0.1) is 6.92 Å². The molecule has 9 heteroatoms. The number of piperidine rings is 1. The van der Waals surface area contributed by atoms with E-state index in [2.05, 4.69) is 15.0 Å². The van der Waals surface area contributed by atoms with Crippen LogP contribution in [0.15, 0.2) is 47.6 Å². The zero-order chi connectivity index (χ0) is 20.4. The number of hydrogen-bond donors (Lipinski definition) is 0. The van der Waals surface area contributed by atoms with Gasteiger partial charge in [-0.25, -0.2) is 8.42 Å². The molecular formula is C20H22N4O4S. The molecular weight excluding hydrogens is 392 g/mol. The van der Waals surface area contributed by atoms with Gasteiger partial charge in [0, 0.05) is 17.6 Å². The number of nitrogens with zero attached hydrogens (tertiary/aromatic N) is 4. The third kappa shape index (κ3) is 4.01. The van der Waals surface area contributed by atoms with Crippen LogP contribution in [0.4, 0.5) is 0 Å². The lowest BCUT2D eigenvalue weighted by molar-refractivity contribution is 0.123. The number of fused-ring (bicyclic) bond motifs is 1. The van der Waals surface area contributed by atoms with E-state index in [0.717, 1.165) is 17.5 Å². The van der Waals surface area contributed by atoms with Crippen molar-refractivity contribution in [1.29, 1.82) is 0 Å². The largest absolute Gasteiger partial charge is 0.480 e. The highest BCUT2D eigenvalue weighted by atomic mass is 32.2. The van der Waals surface area contributed by atoms with Gasteiger partial charge in [-0.3, -0.25) is 9.97 Å². The Labute approximate surface area is 169 Å². The minimum absolute atomic E-state index is 0.223. The molecule has 1 atom stereocenters. The van der Waals surface area contributed by atoms with E-state index in [1.165, 1.54) is 23.8 Å². The number of aryl methyl sites for hydroxylation is 1. The third-order valence-corrected chi connectivity index (χ3v) is 6.76. The summed E-state index contributed by atoms with van der Waals surface area (Å²) in [6.45, 7) is 2.53. The number of methoxy groups -OCH3 is 1. The zero-order valence-electron chi connectivity index (χ0n) is 16.3. The molecule has 29 heavy (non-hydrogen) atoms. The molecule has 4 rings (SSSR count). The Balaban J connectivity index is 1.60. The maximum absolute atomic E-state index is 13.4. The van der Waals surface area contributed by atoms with Gasteiger partial charge in [-0.1, -0.05) is 18.2 Å². The predicted molar refractivity (Wildman–Crippen MR) is 107 cm³/mol. The second-order valence-electron chi connectivity index (χ2n) is 6.93. The van der Waals surface area contributed by atoms with Crippen LogP contribution in [0.5, 0.6) is 11.8 Å². The van der Waals surface area contributed by atoms with Gasteiger partial charge in [0.05, 0.1) is 31.6 Å². The molecule has 1 aromatic carbocycles. The highest BCUT2D eigenvalue weighted by Crippen LogP contribution is 2.28. The van der Waals surface area contributed by atoms with Gasteiger partial charge >= 0.3 is 0 Å². The number of hydrogen-bond acceptors (Lipinski definition) is 7. The Morgan fingerprint density at radius 2 is 1.93 bits per heavy atom. The van der Waals surface area contributed by atoms with Gasteiger partial charge in [-0.15, -0.1) is 0 Å². The molecule has 1 aliphatic heterocycles. The molecule has 3 heterocycles. The van der Waals surface area contributed by atoms with Gasteiger partial charge in [0.15, 0.2) is 0 Å². The fourth-order valence-electron chi connectivity index (χ4n) is 3.44. The van der Waals surface area contributed by atoms with Crippen LogP contribution < -0.4 is 9.47 Å². The number of benzene rings is 1. The Kier molecular flexibility index (Phi) is 5.33. The Hall–Kier alpha value is -2.78. The van der Waals surface area contributed by atoms with Crippen molar-refractivity contribution >= 4 is 20.9 Å². The average molecular weight is 414 g/mol. The summed E-state index contributed by atoms with van der Waals surface area (Å²) in [5.74, 6) is 0.663. The number of pyridine rings is 1. The van der Waals surface area contributed by atoms with Crippen molar-refractivity contribution in [2.75, 3.05) is 20.2 Å². The number of ether oxygens (including phenoxy) is 2. The van der Waals surface area contributed by atoms with E-state index in [1.54, 1.807) is 12.1 Å². The molecule has 0 spiro atoms. The minimum Gasteiger partial charge on any atom is -0.480 e. The van der Waals surface area contributed by atoms with E-state index in [0.29, 0.717) is 30.2 Å². The first-order valence-corrected chi connectivity index (χ1v) is 10.8. The molecule has 1 fully saturated rings. The molecule has 0 saturated carbocycles. The Bertz CT molecular complexity index is 1140. The molecule has 2 aromatic heterocycles. The van der Waals surface area contributed by atoms with Gasteiger partial charge in [-0.2, -0.15) is 9.29 Å². The van der Waals surface area contributed by atoms with Gasteiger partial charge in [-0.05, 0) is 31.9 Å². The van der Waals surface area contributed by atoms with Crippen LogP contribution in [0.1, 0.15) is 18.5 Å². The van der Waals surface area contributed by atoms with Crippen LogP contribution in [-0.2, 0) is 10.0 Å². The van der Waals surface area contributed by atoms with Crippen molar-refractivity contribution in [2.45, 2.75) is 30.8 Å². The molecule has 0 bridgehead atoms. The normalized spacial score (nSPS) is 17.9. The summed E-state index contributed by atoms with van der Waals surface area (Å²) >= 11 is 0. The Morgan fingerprint density at radius 3 is 2.76 bits per heavy atom. The molecule has 152 valence electrons. The van der Waals surface area contributed by atoms with Gasteiger partial charge < -0.3 is 9.47 Å². The molecule has 1 saturated heterocycles. The van der Waals surface area contributed by atoms with Crippen molar-refractivity contribution in [3.8, 4) is 11.8 Å². The average Bonchev–Trinajstić information content (AvgIpc) is 2.73. The monoisotopic (exact) mass is 414 g/mol. The standard InChI is InChI=1S/C20H22N4O4S/c1-14-8-9-15-5-3-7-17(20(15)22-14)29(25,26)24-10-4-6-16(13-24)28-19-12-21-11-18(23-19)27-2/h3,5,7-9,11-12,16H,4,6,10,13H2,1-2H3. The van der Waals surface area contributed by atoms with Crippen LogP contribution in [-0.4, -0.2) is 54.0 Å². The lowest BCUT2D eigenvalue weighted by atomic mass is 10.1. The van der Waals surface area contributed by atoms with Crippen LogP contribution in [0.25, 0.3) is 10.9 Å². The minimum atomic E-state index is -3.71. The van der Waals surface area contributed by atoms with E-state index >= 15 is 0 Å². The van der Waals surface area contributed by atoms with Crippen LogP contribution in [0.2, 0.25) is 0 Å². The van der Waals surface area contributed by atoms with Crippen molar-refractivity contribution < 1.29 is 17.9 Å². The highest BCUT2D eigenvalue weighted by molar-refractivity contribution is 7.89. The van der Waals surface area contributed by atoms with Crippen molar-refractivity contribution in [2.24, 2.45) is 0 Å². The van der Waals surface area contributed by atoms with Gasteiger partial charge in [0.2, 0.25) is 21.8 Å². The number of para-hydroxylation sites is 1. The summed E-state index contributed by atoms with van der Waals surface area (Å²) in [7, 11) is -2.21. The SMILES string of the molecule is COc1cncc(OC2CCCN(S(=O)(=O)c3cccc4ccc(C)nc34)C2)n1. The topological polar surface area (TPSA) is 94.5 Å². The molecule has 8 nitrogen and oxygen atoms in total. The van der Waals surface area contributed by atoms with E-state index in [1.807, 2.05) is 25.1 Å². The second-order valence-corrected chi connectivity index (χ2v) is 8.83. The van der Waals surface area contributed by atoms with E-state index < -0.39 is 10.0 Å². The number of aromatic nitrogens is 3. The molecule has 0 radical (unpaired) electrons. The van der Waals surface area contributed by atoms with Gasteiger partial charge in [0.25, 0.3) is 0 Å².